The van der Waals surface area contributed by atoms with Gasteiger partial charge in [0.1, 0.15) is 18.2 Å². The van der Waals surface area contributed by atoms with Crippen molar-refractivity contribution >= 4 is 23.0 Å². The van der Waals surface area contributed by atoms with Crippen LogP contribution >= 0.6 is 0 Å². The highest BCUT2D eigenvalue weighted by molar-refractivity contribution is 5.92. The van der Waals surface area contributed by atoms with Crippen molar-refractivity contribution < 1.29 is 33.7 Å². The molecule has 0 spiro atoms. The highest BCUT2D eigenvalue weighted by Crippen LogP contribution is 2.25. The Morgan fingerprint density at radius 2 is 1.81 bits per heavy atom. The fourth-order valence-electron chi connectivity index (χ4n) is 4.58. The smallest absolute Gasteiger partial charge is 0.335 e. The lowest BCUT2D eigenvalue weighted by molar-refractivity contribution is -0.149. The van der Waals surface area contributed by atoms with E-state index in [1.54, 1.807) is 22.8 Å². The number of imidazole rings is 1. The third-order valence-electron chi connectivity index (χ3n) is 6.88. The van der Waals surface area contributed by atoms with Gasteiger partial charge in [0.25, 0.3) is 0 Å². The first-order chi connectivity index (χ1) is 20.7. The molecule has 43 heavy (non-hydrogen) atoms. The van der Waals surface area contributed by atoms with Gasteiger partial charge in [0.2, 0.25) is 5.88 Å². The van der Waals surface area contributed by atoms with E-state index < -0.39 is 23.9 Å². The van der Waals surface area contributed by atoms with Crippen LogP contribution < -0.4 is 4.74 Å². The number of aliphatic carboxylic acids is 1. The van der Waals surface area contributed by atoms with Crippen LogP contribution in [0.1, 0.15) is 32.9 Å². The summed E-state index contributed by atoms with van der Waals surface area (Å²) < 4.78 is 26.7. The van der Waals surface area contributed by atoms with E-state index in [2.05, 4.69) is 9.97 Å². The molecular weight excluding hydrogens is 555 g/mol. The Labute approximate surface area is 245 Å². The van der Waals surface area contributed by atoms with Crippen LogP contribution in [0.4, 0.5) is 4.39 Å². The van der Waals surface area contributed by atoms with Gasteiger partial charge >= 0.3 is 11.9 Å². The highest BCUT2D eigenvalue weighted by atomic mass is 19.1. The number of carboxylic acid groups (broad SMARTS) is 2. The molecule has 0 fully saturated rings. The zero-order valence-corrected chi connectivity index (χ0v) is 22.9. The zero-order chi connectivity index (χ0) is 30.5. The predicted octanol–water partition coefficient (Wildman–Crippen LogP) is 5.08. The summed E-state index contributed by atoms with van der Waals surface area (Å²) >= 11 is 0. The molecular formula is C32H25FN4O6. The summed E-state index contributed by atoms with van der Waals surface area (Å²) in [6.45, 7) is -0.102. The summed E-state index contributed by atoms with van der Waals surface area (Å²) in [5.41, 5.74) is 3.97. The van der Waals surface area contributed by atoms with Crippen molar-refractivity contribution in [3.8, 4) is 23.2 Å². The minimum atomic E-state index is -1.15. The molecule has 5 aromatic rings. The summed E-state index contributed by atoms with van der Waals surface area (Å²) in [4.78, 5) is 32.4. The van der Waals surface area contributed by atoms with Crippen molar-refractivity contribution in [1.82, 2.24) is 14.5 Å². The fourth-order valence-corrected chi connectivity index (χ4v) is 4.58. The second kappa shape index (κ2) is 12.5. The predicted molar refractivity (Wildman–Crippen MR) is 153 cm³/mol. The lowest BCUT2D eigenvalue weighted by atomic mass is 10.1. The average Bonchev–Trinajstić information content (AvgIpc) is 3.35. The molecule has 0 aliphatic carbocycles. The van der Waals surface area contributed by atoms with Crippen LogP contribution in [-0.2, 0) is 29.1 Å². The van der Waals surface area contributed by atoms with E-state index in [-0.39, 0.29) is 24.3 Å². The highest BCUT2D eigenvalue weighted by Gasteiger charge is 2.22. The Hall–Kier alpha value is -5.60. The molecule has 2 N–H and O–H groups in total. The molecule has 1 unspecified atom stereocenters. The van der Waals surface area contributed by atoms with Gasteiger partial charge in [-0.2, -0.15) is 5.26 Å². The number of hydrogen-bond donors (Lipinski definition) is 2. The first-order valence-corrected chi connectivity index (χ1v) is 13.1. The maximum Gasteiger partial charge on any atom is 0.335 e. The number of halogens is 1. The number of aromatic nitrogens is 3. The van der Waals surface area contributed by atoms with Gasteiger partial charge in [-0.1, -0.05) is 36.4 Å². The number of rotatable bonds is 11. The number of aromatic carboxylic acids is 1. The maximum absolute atomic E-state index is 14.2. The number of pyridine rings is 1. The maximum atomic E-state index is 14.2. The minimum Gasteiger partial charge on any atom is -0.479 e. The van der Waals surface area contributed by atoms with Crippen molar-refractivity contribution in [2.45, 2.75) is 25.7 Å². The quantitative estimate of drug-likeness (QED) is 0.218. The number of benzene rings is 3. The molecule has 10 nitrogen and oxygen atoms in total. The van der Waals surface area contributed by atoms with E-state index in [4.69, 9.17) is 14.7 Å². The molecule has 1 atom stereocenters. The normalized spacial score (nSPS) is 11.7. The van der Waals surface area contributed by atoms with Crippen LogP contribution in [0.15, 0.2) is 78.9 Å². The van der Waals surface area contributed by atoms with Crippen molar-refractivity contribution in [2.24, 2.45) is 0 Å². The Bertz CT molecular complexity index is 1860. The second-order valence-corrected chi connectivity index (χ2v) is 9.65. The Kier molecular flexibility index (Phi) is 8.41. The minimum absolute atomic E-state index is 0.0479. The number of hydrogen-bond acceptors (Lipinski definition) is 7. The molecule has 3 aromatic carbocycles. The third-order valence-corrected chi connectivity index (χ3v) is 6.88. The molecule has 0 radical (unpaired) electrons. The first-order valence-electron chi connectivity index (χ1n) is 13.1. The molecule has 0 saturated heterocycles. The summed E-state index contributed by atoms with van der Waals surface area (Å²) in [6, 6.07) is 23.4. The van der Waals surface area contributed by atoms with Crippen LogP contribution in [0, 0.1) is 17.1 Å². The molecule has 2 aromatic heterocycles. The van der Waals surface area contributed by atoms with Crippen LogP contribution in [0.3, 0.4) is 0 Å². The largest absolute Gasteiger partial charge is 0.479 e. The Morgan fingerprint density at radius 1 is 1.02 bits per heavy atom. The van der Waals surface area contributed by atoms with Gasteiger partial charge in [0.15, 0.2) is 6.10 Å². The van der Waals surface area contributed by atoms with Gasteiger partial charge in [0, 0.05) is 30.7 Å². The molecule has 11 heteroatoms. The summed E-state index contributed by atoms with van der Waals surface area (Å²) in [5, 5.41) is 27.9. The number of methoxy groups -OCH3 is 1. The van der Waals surface area contributed by atoms with Crippen molar-refractivity contribution in [3.63, 3.8) is 0 Å². The number of nitrogens with zero attached hydrogens (tertiary/aromatic N) is 4. The van der Waals surface area contributed by atoms with Crippen molar-refractivity contribution in [2.75, 3.05) is 7.11 Å². The van der Waals surface area contributed by atoms with Crippen LogP contribution in [0.5, 0.6) is 5.88 Å². The van der Waals surface area contributed by atoms with E-state index in [0.29, 0.717) is 40.4 Å². The van der Waals surface area contributed by atoms with Crippen molar-refractivity contribution in [1.29, 1.82) is 5.26 Å². The standard InChI is InChI=1S/C32H25FN4O6/c1-42-28(32(40)41)17-37-27-15-22(31(38)39)11-12-26(27)35-29(37)14-19-5-8-21(9-6-19)25-3-2-4-30(36-25)43-18-23-10-7-20(16-34)13-24(23)33/h2-13,15,28H,14,17-18H2,1H3,(H,38,39)(H,40,41). The van der Waals surface area contributed by atoms with Crippen LogP contribution in [-0.4, -0.2) is 49.9 Å². The number of nitriles is 1. The average molecular weight is 581 g/mol. The summed E-state index contributed by atoms with van der Waals surface area (Å²) in [5.74, 6) is -1.90. The Morgan fingerprint density at radius 3 is 2.49 bits per heavy atom. The van der Waals surface area contributed by atoms with Gasteiger partial charge in [-0.25, -0.2) is 23.9 Å². The van der Waals surface area contributed by atoms with E-state index >= 15 is 0 Å². The first kappa shape index (κ1) is 28.9. The monoisotopic (exact) mass is 580 g/mol. The van der Waals surface area contributed by atoms with Crippen LogP contribution in [0.25, 0.3) is 22.3 Å². The topological polar surface area (TPSA) is 148 Å². The Balaban J connectivity index is 1.36. The molecule has 0 aliphatic heterocycles. The van der Waals surface area contributed by atoms with Gasteiger partial charge in [-0.05, 0) is 42.0 Å². The van der Waals surface area contributed by atoms with Gasteiger partial charge in [0.05, 0.1) is 40.5 Å². The number of carboxylic acids is 2. The molecule has 2 heterocycles. The summed E-state index contributed by atoms with van der Waals surface area (Å²) in [6.07, 6.45) is -0.804. The van der Waals surface area contributed by atoms with Crippen LogP contribution in [0.2, 0.25) is 0 Å². The molecule has 0 bridgehead atoms. The second-order valence-electron chi connectivity index (χ2n) is 9.65. The van der Waals surface area contributed by atoms with E-state index in [1.165, 1.54) is 31.4 Å². The van der Waals surface area contributed by atoms with Crippen molar-refractivity contribution in [3.05, 3.63) is 113 Å². The SMILES string of the molecule is COC(Cn1c(Cc2ccc(-c3cccc(OCc4ccc(C#N)cc4F)n3)cc2)nc2ccc(C(=O)O)cc21)C(=O)O. The number of ether oxygens (including phenoxy) is 2. The lowest BCUT2D eigenvalue weighted by Crippen LogP contribution is -2.28. The lowest BCUT2D eigenvalue weighted by Gasteiger charge is -2.15. The summed E-state index contributed by atoms with van der Waals surface area (Å²) in [7, 11) is 1.30. The molecule has 0 amide bonds. The third kappa shape index (κ3) is 6.50. The van der Waals surface area contributed by atoms with Gasteiger partial charge in [-0.3, -0.25) is 0 Å². The molecule has 216 valence electrons. The number of carbonyl (C=O) groups is 2. The van der Waals surface area contributed by atoms with E-state index in [0.717, 1.165) is 17.2 Å². The zero-order valence-electron chi connectivity index (χ0n) is 22.9. The molecule has 0 saturated carbocycles. The molecule has 5 rings (SSSR count). The fraction of sp³-hybridized carbons (Fsp3) is 0.156. The number of fused-ring (bicyclic) bond motifs is 1. The van der Waals surface area contributed by atoms with Gasteiger partial charge < -0.3 is 24.3 Å². The molecule has 0 aliphatic rings. The van der Waals surface area contributed by atoms with E-state index in [1.807, 2.05) is 36.4 Å². The van der Waals surface area contributed by atoms with Gasteiger partial charge in [-0.15, -0.1) is 0 Å². The van der Waals surface area contributed by atoms with E-state index in [9.17, 15) is 24.2 Å².